The van der Waals surface area contributed by atoms with Crippen molar-refractivity contribution in [2.75, 3.05) is 26.2 Å². The first-order valence-corrected chi connectivity index (χ1v) is 14.1. The second-order valence-electron chi connectivity index (χ2n) is 11.1. The van der Waals surface area contributed by atoms with E-state index in [0.717, 1.165) is 30.7 Å². The lowest BCUT2D eigenvalue weighted by atomic mass is 9.75. The van der Waals surface area contributed by atoms with Crippen LogP contribution in [0, 0.1) is 17.8 Å². The molecule has 0 aliphatic carbocycles. The van der Waals surface area contributed by atoms with Gasteiger partial charge in [0.05, 0.1) is 24.0 Å². The van der Waals surface area contributed by atoms with Gasteiger partial charge in [0.1, 0.15) is 5.70 Å². The predicted molar refractivity (Wildman–Crippen MR) is 135 cm³/mol. The van der Waals surface area contributed by atoms with E-state index in [1.165, 1.54) is 16.7 Å². The van der Waals surface area contributed by atoms with E-state index >= 15 is 0 Å². The smallest absolute Gasteiger partial charge is 0.353 e. The van der Waals surface area contributed by atoms with Crippen molar-refractivity contribution in [3.05, 3.63) is 10.6 Å². The summed E-state index contributed by atoms with van der Waals surface area (Å²) in [5.74, 6) is -1.09. The summed E-state index contributed by atoms with van der Waals surface area (Å²) in [6.07, 6.45) is 3.23. The van der Waals surface area contributed by atoms with Crippen LogP contribution in [-0.4, -0.2) is 94.2 Å². The highest BCUT2D eigenvalue weighted by molar-refractivity contribution is 8.03. The van der Waals surface area contributed by atoms with Gasteiger partial charge in [-0.05, 0) is 38.1 Å². The number of thioether (sulfide) groups is 1. The molecule has 0 aromatic carbocycles. The van der Waals surface area contributed by atoms with Crippen LogP contribution in [-0.2, 0) is 19.2 Å². The number of fused-ring (bicyclic) bond motifs is 1. The highest BCUT2D eigenvalue weighted by Gasteiger charge is 2.59. The topological polar surface area (TPSA) is 131 Å². The van der Waals surface area contributed by atoms with Gasteiger partial charge in [0.15, 0.2) is 0 Å². The van der Waals surface area contributed by atoms with Crippen LogP contribution in [0.25, 0.3) is 0 Å². The third-order valence-corrected chi connectivity index (χ3v) is 9.93. The highest BCUT2D eigenvalue weighted by Crippen LogP contribution is 2.52. The average molecular weight is 520 g/mol. The number of aliphatic carboxylic acids is 1. The van der Waals surface area contributed by atoms with Crippen LogP contribution in [0.2, 0.25) is 0 Å². The third kappa shape index (κ3) is 4.43. The minimum atomic E-state index is -1.06. The van der Waals surface area contributed by atoms with Crippen molar-refractivity contribution in [3.8, 4) is 0 Å². The maximum atomic E-state index is 13.2. The van der Waals surface area contributed by atoms with Gasteiger partial charge in [0.2, 0.25) is 17.7 Å². The number of amides is 3. The van der Waals surface area contributed by atoms with Crippen molar-refractivity contribution < 1.29 is 24.3 Å². The van der Waals surface area contributed by atoms with E-state index in [1.807, 2.05) is 25.7 Å². The first kappa shape index (κ1) is 25.5. The Hall–Kier alpha value is -2.11. The standard InChI is InChI=1S/C25H37N5O5S/c1-12(2)18-19-13(3)21(20(25(34)35)30(19)24(18)33)36-15-9-17(27-10-15)23(32)29-8-6-14(11-29)28-22(31)16-5-4-7-26-16/h12-19,26-27H,4-11H2,1-3H3,(H,28,31)(H,34,35)/t13-,14+,15+,16+,17+,18-,19-/m1/s1. The number of hydrogen-bond donors (Lipinski definition) is 4. The molecule has 0 radical (unpaired) electrons. The Kier molecular flexibility index (Phi) is 7.08. The Morgan fingerprint density at radius 1 is 1.17 bits per heavy atom. The summed E-state index contributed by atoms with van der Waals surface area (Å²) in [5.41, 5.74) is 0.129. The molecule has 36 heavy (non-hydrogen) atoms. The van der Waals surface area contributed by atoms with Crippen LogP contribution in [0.3, 0.4) is 0 Å². The molecule has 5 rings (SSSR count). The number of hydrogen-bond acceptors (Lipinski definition) is 7. The lowest BCUT2D eigenvalue weighted by molar-refractivity contribution is -0.159. The molecule has 5 aliphatic rings. The Labute approximate surface area is 216 Å². The fourth-order valence-corrected chi connectivity index (χ4v) is 8.01. The molecule has 10 nitrogen and oxygen atoms in total. The lowest BCUT2D eigenvalue weighted by Crippen LogP contribution is -2.62. The molecule has 198 valence electrons. The van der Waals surface area contributed by atoms with Crippen molar-refractivity contribution in [2.45, 2.75) is 75.9 Å². The van der Waals surface area contributed by atoms with Crippen LogP contribution >= 0.6 is 11.8 Å². The van der Waals surface area contributed by atoms with E-state index in [1.54, 1.807) is 0 Å². The monoisotopic (exact) mass is 519 g/mol. The zero-order chi connectivity index (χ0) is 25.7. The number of carbonyl (C=O) groups is 4. The average Bonchev–Trinajstić information content (AvgIpc) is 3.61. The van der Waals surface area contributed by atoms with Gasteiger partial charge in [-0.1, -0.05) is 20.8 Å². The van der Waals surface area contributed by atoms with Gasteiger partial charge in [-0.15, -0.1) is 11.8 Å². The van der Waals surface area contributed by atoms with Crippen LogP contribution in [0.1, 0.15) is 46.5 Å². The van der Waals surface area contributed by atoms with Crippen molar-refractivity contribution in [3.63, 3.8) is 0 Å². The summed E-state index contributed by atoms with van der Waals surface area (Å²) in [5, 5.41) is 19.6. The quantitative estimate of drug-likeness (QED) is 0.355. The number of likely N-dealkylation sites (tertiary alicyclic amines) is 1. The normalized spacial score (nSPS) is 36.0. The maximum absolute atomic E-state index is 13.2. The Morgan fingerprint density at radius 2 is 1.94 bits per heavy atom. The van der Waals surface area contributed by atoms with E-state index in [9.17, 15) is 24.3 Å². The first-order valence-electron chi connectivity index (χ1n) is 13.2. The maximum Gasteiger partial charge on any atom is 0.353 e. The van der Waals surface area contributed by atoms with Gasteiger partial charge in [0.25, 0.3) is 0 Å². The zero-order valence-electron chi connectivity index (χ0n) is 21.2. The van der Waals surface area contributed by atoms with E-state index in [4.69, 9.17) is 0 Å². The summed E-state index contributed by atoms with van der Waals surface area (Å²) in [4.78, 5) is 54.5. The molecule has 4 N–H and O–H groups in total. The Bertz CT molecular complexity index is 980. The predicted octanol–water partition coefficient (Wildman–Crippen LogP) is 0.348. The van der Waals surface area contributed by atoms with E-state index in [-0.39, 0.29) is 70.6 Å². The van der Waals surface area contributed by atoms with Gasteiger partial charge in [-0.25, -0.2) is 4.79 Å². The van der Waals surface area contributed by atoms with Gasteiger partial charge in [0, 0.05) is 41.7 Å². The van der Waals surface area contributed by atoms with Gasteiger partial charge in [-0.3, -0.25) is 14.4 Å². The van der Waals surface area contributed by atoms with E-state index < -0.39 is 5.97 Å². The molecule has 5 aliphatic heterocycles. The second-order valence-corrected chi connectivity index (χ2v) is 12.5. The number of nitrogens with one attached hydrogen (secondary N) is 3. The molecule has 0 saturated carbocycles. The largest absolute Gasteiger partial charge is 0.477 e. The molecule has 11 heteroatoms. The number of nitrogens with zero attached hydrogens (tertiary/aromatic N) is 2. The van der Waals surface area contributed by atoms with Crippen molar-refractivity contribution in [1.82, 2.24) is 25.8 Å². The fraction of sp³-hybridized carbons (Fsp3) is 0.760. The summed E-state index contributed by atoms with van der Waals surface area (Å²) < 4.78 is 0. The molecule has 0 spiro atoms. The zero-order valence-corrected chi connectivity index (χ0v) is 22.0. The molecule has 3 amide bonds. The van der Waals surface area contributed by atoms with Crippen LogP contribution in [0.4, 0.5) is 0 Å². The SMILES string of the molecule is CC(C)[C@H]1C(=O)N2C(C(=O)O)=C(S[C@@H]3CN[C@H](C(=O)N4CC[C@H](NC(=O)[C@@H]5CCCN5)C4)C3)[C@H](C)[C@H]12. The minimum absolute atomic E-state index is 0.0194. The molecular formula is C25H37N5O5S. The molecule has 4 fully saturated rings. The van der Waals surface area contributed by atoms with Crippen molar-refractivity contribution in [1.29, 1.82) is 0 Å². The molecule has 0 bridgehead atoms. The third-order valence-electron chi connectivity index (χ3n) is 8.41. The van der Waals surface area contributed by atoms with Crippen LogP contribution < -0.4 is 16.0 Å². The van der Waals surface area contributed by atoms with E-state index in [0.29, 0.717) is 26.1 Å². The number of carboxylic acids is 1. The number of carboxylic acid groups (broad SMARTS) is 1. The van der Waals surface area contributed by atoms with Crippen LogP contribution in [0.5, 0.6) is 0 Å². The van der Waals surface area contributed by atoms with Crippen molar-refractivity contribution >= 4 is 35.5 Å². The second kappa shape index (κ2) is 9.98. The number of β-lactam (4-membered cyclic amide) rings is 1. The highest BCUT2D eigenvalue weighted by atomic mass is 32.2. The first-order chi connectivity index (χ1) is 17.2. The molecule has 5 heterocycles. The molecule has 0 aromatic heterocycles. The molecule has 7 atom stereocenters. The van der Waals surface area contributed by atoms with Gasteiger partial charge in [-0.2, -0.15) is 0 Å². The Morgan fingerprint density at radius 3 is 2.61 bits per heavy atom. The van der Waals surface area contributed by atoms with Crippen LogP contribution in [0.15, 0.2) is 10.6 Å². The summed E-state index contributed by atoms with van der Waals surface area (Å²) in [6, 6.07) is -0.547. The number of carbonyl (C=O) groups excluding carboxylic acids is 3. The number of rotatable bonds is 7. The Balaban J connectivity index is 1.17. The molecular weight excluding hydrogens is 482 g/mol. The molecule has 4 saturated heterocycles. The fourth-order valence-electron chi connectivity index (χ4n) is 6.54. The molecule has 0 aromatic rings. The van der Waals surface area contributed by atoms with E-state index in [2.05, 4.69) is 16.0 Å². The van der Waals surface area contributed by atoms with Gasteiger partial charge < -0.3 is 30.9 Å². The summed E-state index contributed by atoms with van der Waals surface area (Å²) in [6.45, 7) is 8.66. The lowest BCUT2D eigenvalue weighted by Gasteiger charge is -2.47. The summed E-state index contributed by atoms with van der Waals surface area (Å²) >= 11 is 1.52. The van der Waals surface area contributed by atoms with Gasteiger partial charge >= 0.3 is 5.97 Å². The summed E-state index contributed by atoms with van der Waals surface area (Å²) in [7, 11) is 0. The van der Waals surface area contributed by atoms with Crippen molar-refractivity contribution in [2.24, 2.45) is 17.8 Å². The minimum Gasteiger partial charge on any atom is -0.477 e. The molecule has 0 unspecified atom stereocenters.